The minimum absolute atomic E-state index is 0.0544. The predicted molar refractivity (Wildman–Crippen MR) is 61.6 cm³/mol. The van der Waals surface area contributed by atoms with Crippen LogP contribution in [-0.2, 0) is 6.54 Å². The smallest absolute Gasteiger partial charge is 0.280 e. The number of anilines is 1. The molecule has 2 heterocycles. The Labute approximate surface area is 105 Å². The first-order chi connectivity index (χ1) is 8.95. The molecule has 3 rings (SSSR count). The maximum absolute atomic E-state index is 13.3. The maximum Gasteiger partial charge on any atom is 0.280 e. The van der Waals surface area contributed by atoms with E-state index in [-0.39, 0.29) is 23.7 Å². The Balaban J connectivity index is 1.97. The van der Waals surface area contributed by atoms with Crippen molar-refractivity contribution in [2.45, 2.75) is 12.5 Å². The van der Waals surface area contributed by atoms with Crippen LogP contribution >= 0.6 is 0 Å². The summed E-state index contributed by atoms with van der Waals surface area (Å²) in [7, 11) is 0. The molecular formula is C10H11F2N5O2. The number of nitrogens with one attached hydrogen (secondary N) is 1. The normalized spacial score (nSPS) is 24.8. The average molecular weight is 271 g/mol. The minimum atomic E-state index is -2.89. The van der Waals surface area contributed by atoms with Crippen LogP contribution < -0.4 is 11.3 Å². The Kier molecular flexibility index (Phi) is 2.36. The Hall–Kier alpha value is -2.03. The number of hydrogen-bond acceptors (Lipinski definition) is 5. The van der Waals surface area contributed by atoms with Crippen molar-refractivity contribution in [1.29, 1.82) is 0 Å². The number of fused-ring (bicyclic) bond motifs is 1. The van der Waals surface area contributed by atoms with Gasteiger partial charge in [0.15, 0.2) is 11.2 Å². The number of aliphatic hydroxyl groups excluding tert-OH is 1. The Morgan fingerprint density at radius 2 is 2.26 bits per heavy atom. The molecule has 0 unspecified atom stereocenters. The number of hydrogen-bond donors (Lipinski definition) is 3. The van der Waals surface area contributed by atoms with Gasteiger partial charge in [-0.1, -0.05) is 0 Å². The van der Waals surface area contributed by atoms with Gasteiger partial charge in [0.25, 0.3) is 11.5 Å². The molecule has 19 heavy (non-hydrogen) atoms. The monoisotopic (exact) mass is 271 g/mol. The van der Waals surface area contributed by atoms with Crippen molar-refractivity contribution in [3.05, 3.63) is 16.7 Å². The highest BCUT2D eigenvalue weighted by Gasteiger charge is 2.67. The van der Waals surface area contributed by atoms with Crippen LogP contribution in [-0.4, -0.2) is 37.2 Å². The number of rotatable bonds is 3. The van der Waals surface area contributed by atoms with Gasteiger partial charge in [0.1, 0.15) is 0 Å². The molecule has 0 bridgehead atoms. The van der Waals surface area contributed by atoms with Gasteiger partial charge in [0, 0.05) is 6.54 Å². The van der Waals surface area contributed by atoms with Crippen LogP contribution in [0.1, 0.15) is 0 Å². The number of nitrogens with two attached hydrogens (primary N) is 1. The fourth-order valence-corrected chi connectivity index (χ4v) is 2.27. The van der Waals surface area contributed by atoms with Gasteiger partial charge >= 0.3 is 0 Å². The number of aromatic amines is 1. The third-order valence-corrected chi connectivity index (χ3v) is 3.45. The maximum atomic E-state index is 13.3. The summed E-state index contributed by atoms with van der Waals surface area (Å²) in [6.45, 7) is -0.634. The molecule has 0 radical (unpaired) electrons. The summed E-state index contributed by atoms with van der Waals surface area (Å²) < 4.78 is 28.0. The van der Waals surface area contributed by atoms with Crippen LogP contribution in [0, 0.1) is 11.8 Å². The Morgan fingerprint density at radius 1 is 1.53 bits per heavy atom. The zero-order valence-electron chi connectivity index (χ0n) is 9.68. The van der Waals surface area contributed by atoms with E-state index in [0.717, 1.165) is 0 Å². The van der Waals surface area contributed by atoms with Crippen LogP contribution in [0.25, 0.3) is 11.2 Å². The summed E-state index contributed by atoms with van der Waals surface area (Å²) in [6.07, 6.45) is 1.27. The molecule has 9 heteroatoms. The number of aliphatic hydroxyl groups is 1. The van der Waals surface area contributed by atoms with Crippen LogP contribution in [0.3, 0.4) is 0 Å². The second-order valence-corrected chi connectivity index (χ2v) is 4.59. The molecular weight excluding hydrogens is 260 g/mol. The minimum Gasteiger partial charge on any atom is -0.396 e. The first-order valence-corrected chi connectivity index (χ1v) is 5.64. The van der Waals surface area contributed by atoms with E-state index in [1.807, 2.05) is 0 Å². The standard InChI is InChI=1S/C10H11F2N5O2/c11-10(12)4(5(10)2-18)1-17-3-14-6-7(17)15-9(13)16-8(6)19/h3-5,18H,1-2H2,(H3,13,15,16,19)/t4-,5+/m1/s1. The van der Waals surface area contributed by atoms with Gasteiger partial charge in [-0.25, -0.2) is 13.8 Å². The van der Waals surface area contributed by atoms with Gasteiger partial charge < -0.3 is 15.4 Å². The van der Waals surface area contributed by atoms with Gasteiger partial charge in [0.05, 0.1) is 24.8 Å². The van der Waals surface area contributed by atoms with E-state index < -0.39 is 29.9 Å². The summed E-state index contributed by atoms with van der Waals surface area (Å²) in [5.41, 5.74) is 5.12. The molecule has 7 nitrogen and oxygen atoms in total. The van der Waals surface area contributed by atoms with E-state index >= 15 is 0 Å². The summed E-state index contributed by atoms with van der Waals surface area (Å²) in [6, 6.07) is 0. The highest BCUT2D eigenvalue weighted by Crippen LogP contribution is 2.55. The van der Waals surface area contributed by atoms with E-state index in [2.05, 4.69) is 15.0 Å². The van der Waals surface area contributed by atoms with Gasteiger partial charge in [-0.2, -0.15) is 4.98 Å². The SMILES string of the molecule is Nc1nc2c(ncn2C[C@@H]2[C@H](CO)C2(F)F)c(=O)[nH]1. The van der Waals surface area contributed by atoms with Gasteiger partial charge in [-0.3, -0.25) is 9.78 Å². The molecule has 0 amide bonds. The zero-order valence-corrected chi connectivity index (χ0v) is 9.68. The molecule has 2 atom stereocenters. The van der Waals surface area contributed by atoms with Crippen LogP contribution in [0.4, 0.5) is 14.7 Å². The lowest BCUT2D eigenvalue weighted by atomic mass is 10.3. The van der Waals surface area contributed by atoms with Crippen LogP contribution in [0.15, 0.2) is 11.1 Å². The largest absolute Gasteiger partial charge is 0.396 e. The molecule has 1 aliphatic carbocycles. The molecule has 0 aliphatic heterocycles. The van der Waals surface area contributed by atoms with Crippen molar-refractivity contribution in [2.24, 2.45) is 11.8 Å². The molecule has 4 N–H and O–H groups in total. The number of halogens is 2. The average Bonchev–Trinajstić information content (AvgIpc) is 2.67. The molecule has 2 aromatic heterocycles. The molecule has 102 valence electrons. The fraction of sp³-hybridized carbons (Fsp3) is 0.500. The van der Waals surface area contributed by atoms with E-state index in [0.29, 0.717) is 0 Å². The molecule has 1 aliphatic rings. The third-order valence-electron chi connectivity index (χ3n) is 3.45. The second-order valence-electron chi connectivity index (χ2n) is 4.59. The van der Waals surface area contributed by atoms with Gasteiger partial charge in [-0.05, 0) is 0 Å². The lowest BCUT2D eigenvalue weighted by molar-refractivity contribution is 0.0704. The van der Waals surface area contributed by atoms with Crippen molar-refractivity contribution in [1.82, 2.24) is 19.5 Å². The van der Waals surface area contributed by atoms with Crippen LogP contribution in [0.2, 0.25) is 0 Å². The second kappa shape index (κ2) is 3.73. The first-order valence-electron chi connectivity index (χ1n) is 5.64. The number of imidazole rings is 1. The zero-order chi connectivity index (χ0) is 13.8. The van der Waals surface area contributed by atoms with Crippen molar-refractivity contribution in [2.75, 3.05) is 12.3 Å². The topological polar surface area (TPSA) is 110 Å². The van der Waals surface area contributed by atoms with Gasteiger partial charge in [0.2, 0.25) is 5.95 Å². The first kappa shape index (κ1) is 12.0. The van der Waals surface area contributed by atoms with Crippen molar-refractivity contribution >= 4 is 17.1 Å². The van der Waals surface area contributed by atoms with Crippen molar-refractivity contribution < 1.29 is 13.9 Å². The summed E-state index contributed by atoms with van der Waals surface area (Å²) in [5, 5.41) is 8.85. The number of nitrogen functional groups attached to an aromatic ring is 1. The number of aromatic nitrogens is 4. The lowest BCUT2D eigenvalue weighted by Gasteiger charge is -2.02. The summed E-state index contributed by atoms with van der Waals surface area (Å²) in [5.74, 6) is -5.01. The summed E-state index contributed by atoms with van der Waals surface area (Å²) in [4.78, 5) is 21.5. The third kappa shape index (κ3) is 1.69. The van der Waals surface area contributed by atoms with E-state index in [1.54, 1.807) is 0 Å². The van der Waals surface area contributed by atoms with E-state index in [4.69, 9.17) is 10.8 Å². The Bertz CT molecular complexity index is 695. The molecule has 1 saturated carbocycles. The molecule has 0 spiro atoms. The molecule has 0 aromatic carbocycles. The lowest BCUT2D eigenvalue weighted by Crippen LogP contribution is -2.13. The highest BCUT2D eigenvalue weighted by molar-refractivity contribution is 5.70. The van der Waals surface area contributed by atoms with Gasteiger partial charge in [-0.15, -0.1) is 0 Å². The van der Waals surface area contributed by atoms with E-state index in [1.165, 1.54) is 10.9 Å². The predicted octanol–water partition coefficient (Wildman–Crippen LogP) is -0.425. The molecule has 2 aromatic rings. The Morgan fingerprint density at radius 3 is 2.89 bits per heavy atom. The number of alkyl halides is 2. The fourth-order valence-electron chi connectivity index (χ4n) is 2.27. The summed E-state index contributed by atoms with van der Waals surface area (Å²) >= 11 is 0. The molecule has 1 fully saturated rings. The molecule has 0 saturated heterocycles. The van der Waals surface area contributed by atoms with Crippen molar-refractivity contribution in [3.63, 3.8) is 0 Å². The number of H-pyrrole nitrogens is 1. The van der Waals surface area contributed by atoms with E-state index in [9.17, 15) is 13.6 Å². The highest BCUT2D eigenvalue weighted by atomic mass is 19.3. The van der Waals surface area contributed by atoms with Crippen LogP contribution in [0.5, 0.6) is 0 Å². The van der Waals surface area contributed by atoms with Crippen molar-refractivity contribution in [3.8, 4) is 0 Å². The number of nitrogens with zero attached hydrogens (tertiary/aromatic N) is 3. The quantitative estimate of drug-likeness (QED) is 0.702.